The Bertz CT molecular complexity index is 320. The first-order valence-electron chi connectivity index (χ1n) is 6.95. The lowest BCUT2D eigenvalue weighted by atomic mass is 9.65. The van der Waals surface area contributed by atoms with E-state index in [1.807, 2.05) is 0 Å². The van der Waals surface area contributed by atoms with Crippen LogP contribution in [0.1, 0.15) is 67.2 Å². The summed E-state index contributed by atoms with van der Waals surface area (Å²) in [5.74, 6) is 1.33. The summed E-state index contributed by atoms with van der Waals surface area (Å²) >= 11 is 0. The van der Waals surface area contributed by atoms with Crippen molar-refractivity contribution in [3.8, 4) is 0 Å². The van der Waals surface area contributed by atoms with Crippen LogP contribution in [0.2, 0.25) is 0 Å². The third-order valence-electron chi connectivity index (χ3n) is 4.23. The molecular weight excluding hydrogens is 208 g/mol. The fraction of sp³-hybridized carbons (Fsp3) is 0.812. The van der Waals surface area contributed by atoms with Gasteiger partial charge in [0, 0.05) is 6.42 Å². The van der Waals surface area contributed by atoms with Gasteiger partial charge in [-0.1, -0.05) is 38.8 Å². The molecule has 1 nitrogen and oxygen atoms in total. The van der Waals surface area contributed by atoms with Crippen molar-refractivity contribution in [1.29, 1.82) is 0 Å². The average Bonchev–Trinajstić information content (AvgIpc) is 2.13. The highest BCUT2D eigenvalue weighted by molar-refractivity contribution is 5.76. The van der Waals surface area contributed by atoms with E-state index in [9.17, 15) is 4.79 Å². The van der Waals surface area contributed by atoms with E-state index in [2.05, 4.69) is 34.6 Å². The Morgan fingerprint density at radius 3 is 2.35 bits per heavy atom. The third-order valence-corrected chi connectivity index (χ3v) is 4.23. The van der Waals surface area contributed by atoms with Crippen molar-refractivity contribution in [3.63, 3.8) is 0 Å². The summed E-state index contributed by atoms with van der Waals surface area (Å²) in [5.41, 5.74) is 3.40. The maximum absolute atomic E-state index is 11.5. The molecule has 0 amide bonds. The molecule has 0 fully saturated rings. The van der Waals surface area contributed by atoms with Gasteiger partial charge >= 0.3 is 0 Å². The predicted octanol–water partition coefficient (Wildman–Crippen LogP) is 4.76. The van der Waals surface area contributed by atoms with Gasteiger partial charge in [-0.05, 0) is 50.4 Å². The Morgan fingerprint density at radius 2 is 1.94 bits per heavy atom. The molecule has 1 aliphatic carbocycles. The normalized spacial score (nSPS) is 21.8. The summed E-state index contributed by atoms with van der Waals surface area (Å²) in [5, 5.41) is 0. The largest absolute Gasteiger partial charge is 0.300 e. The first-order chi connectivity index (χ1) is 7.75. The first kappa shape index (κ1) is 14.5. The number of allylic oxidation sites excluding steroid dienone is 2. The van der Waals surface area contributed by atoms with E-state index in [1.165, 1.54) is 19.3 Å². The van der Waals surface area contributed by atoms with E-state index in [-0.39, 0.29) is 5.41 Å². The number of rotatable bonds is 4. The van der Waals surface area contributed by atoms with Crippen LogP contribution in [0.3, 0.4) is 0 Å². The van der Waals surface area contributed by atoms with Crippen LogP contribution >= 0.6 is 0 Å². The molecule has 0 heterocycles. The Kier molecular flexibility index (Phi) is 4.57. The van der Waals surface area contributed by atoms with Gasteiger partial charge in [0.05, 0.1) is 0 Å². The van der Waals surface area contributed by atoms with E-state index in [1.54, 1.807) is 18.1 Å². The van der Waals surface area contributed by atoms with Crippen molar-refractivity contribution in [2.45, 2.75) is 67.2 Å². The quantitative estimate of drug-likeness (QED) is 0.643. The van der Waals surface area contributed by atoms with Crippen molar-refractivity contribution in [1.82, 2.24) is 0 Å². The Balaban J connectivity index is 3.10. The zero-order valence-electron chi connectivity index (χ0n) is 12.4. The molecule has 0 N–H and O–H groups in total. The number of hydrogen-bond donors (Lipinski definition) is 0. The van der Waals surface area contributed by atoms with Crippen molar-refractivity contribution < 1.29 is 4.79 Å². The van der Waals surface area contributed by atoms with Crippen LogP contribution in [0, 0.1) is 17.3 Å². The van der Waals surface area contributed by atoms with Gasteiger partial charge in [0.1, 0.15) is 5.78 Å². The summed E-state index contributed by atoms with van der Waals surface area (Å²) < 4.78 is 0. The van der Waals surface area contributed by atoms with Crippen molar-refractivity contribution in [3.05, 3.63) is 11.1 Å². The molecule has 0 saturated heterocycles. The highest BCUT2D eigenvalue weighted by Crippen LogP contribution is 2.46. The summed E-state index contributed by atoms with van der Waals surface area (Å²) in [7, 11) is 0. The smallest absolute Gasteiger partial charge is 0.130 e. The minimum atomic E-state index is 0.284. The van der Waals surface area contributed by atoms with Crippen LogP contribution in [0.15, 0.2) is 11.1 Å². The summed E-state index contributed by atoms with van der Waals surface area (Å²) in [6.07, 6.45) is 4.50. The highest BCUT2D eigenvalue weighted by atomic mass is 16.1. The van der Waals surface area contributed by atoms with E-state index >= 15 is 0 Å². The number of Topliss-reactive ketones (excluding diaryl/α,β-unsaturated/α-hetero) is 1. The fourth-order valence-electron chi connectivity index (χ4n) is 3.44. The van der Waals surface area contributed by atoms with Gasteiger partial charge in [0.15, 0.2) is 0 Å². The predicted molar refractivity (Wildman–Crippen MR) is 74.0 cm³/mol. The van der Waals surface area contributed by atoms with Gasteiger partial charge in [-0.2, -0.15) is 0 Å². The van der Waals surface area contributed by atoms with Crippen molar-refractivity contribution in [2.24, 2.45) is 17.3 Å². The maximum Gasteiger partial charge on any atom is 0.130 e. The SMILES string of the molecule is CC(=O)CC(C1=C(C)CCCC1(C)C)C(C)C. The third kappa shape index (κ3) is 3.43. The molecule has 1 heteroatoms. The molecule has 98 valence electrons. The lowest BCUT2D eigenvalue weighted by Gasteiger charge is -2.40. The molecule has 0 saturated carbocycles. The van der Waals surface area contributed by atoms with Crippen LogP contribution in [0.4, 0.5) is 0 Å². The molecule has 0 aliphatic heterocycles. The lowest BCUT2D eigenvalue weighted by Crippen LogP contribution is -2.29. The summed E-state index contributed by atoms with van der Waals surface area (Å²) in [6.45, 7) is 13.2. The topological polar surface area (TPSA) is 17.1 Å². The molecule has 1 unspecified atom stereocenters. The molecule has 0 radical (unpaired) electrons. The summed E-state index contributed by atoms with van der Waals surface area (Å²) in [6, 6.07) is 0. The Hall–Kier alpha value is -0.590. The average molecular weight is 236 g/mol. The number of carbonyl (C=O) groups is 1. The maximum atomic E-state index is 11.5. The monoisotopic (exact) mass is 236 g/mol. The van der Waals surface area contributed by atoms with Gasteiger partial charge in [0.2, 0.25) is 0 Å². The molecule has 0 spiro atoms. The summed E-state index contributed by atoms with van der Waals surface area (Å²) in [4.78, 5) is 11.5. The van der Waals surface area contributed by atoms with E-state index in [4.69, 9.17) is 0 Å². The molecule has 0 bridgehead atoms. The molecule has 1 aliphatic rings. The highest BCUT2D eigenvalue weighted by Gasteiger charge is 2.35. The zero-order valence-corrected chi connectivity index (χ0v) is 12.4. The molecule has 0 aromatic heterocycles. The Labute approximate surface area is 107 Å². The molecule has 0 aromatic rings. The number of hydrogen-bond acceptors (Lipinski definition) is 1. The fourth-order valence-corrected chi connectivity index (χ4v) is 3.44. The first-order valence-corrected chi connectivity index (χ1v) is 6.95. The standard InChI is InChI=1S/C16H28O/c1-11(2)14(10-13(4)17)15-12(3)8-7-9-16(15,5)6/h11,14H,7-10H2,1-6H3. The van der Waals surface area contributed by atoms with Crippen molar-refractivity contribution >= 4 is 5.78 Å². The molecule has 17 heavy (non-hydrogen) atoms. The van der Waals surface area contributed by atoms with Gasteiger partial charge < -0.3 is 4.79 Å². The molecule has 0 aromatic carbocycles. The zero-order chi connectivity index (χ0) is 13.2. The number of ketones is 1. The van der Waals surface area contributed by atoms with Gasteiger partial charge in [-0.25, -0.2) is 0 Å². The second-order valence-electron chi connectivity index (χ2n) is 6.69. The minimum Gasteiger partial charge on any atom is -0.300 e. The second-order valence-corrected chi connectivity index (χ2v) is 6.69. The van der Waals surface area contributed by atoms with Gasteiger partial charge in [-0.3, -0.25) is 0 Å². The molecule has 1 rings (SSSR count). The minimum absolute atomic E-state index is 0.284. The van der Waals surface area contributed by atoms with Crippen LogP contribution in [0.25, 0.3) is 0 Å². The van der Waals surface area contributed by atoms with Crippen LogP contribution in [-0.2, 0) is 4.79 Å². The lowest BCUT2D eigenvalue weighted by molar-refractivity contribution is -0.118. The van der Waals surface area contributed by atoms with Crippen molar-refractivity contribution in [2.75, 3.05) is 0 Å². The van der Waals surface area contributed by atoms with E-state index in [0.29, 0.717) is 24.0 Å². The van der Waals surface area contributed by atoms with Gasteiger partial charge in [0.25, 0.3) is 0 Å². The van der Waals surface area contributed by atoms with Gasteiger partial charge in [-0.15, -0.1) is 0 Å². The van der Waals surface area contributed by atoms with Crippen LogP contribution < -0.4 is 0 Å². The molecule has 1 atom stereocenters. The second kappa shape index (κ2) is 5.37. The van der Waals surface area contributed by atoms with E-state index in [0.717, 1.165) is 0 Å². The van der Waals surface area contributed by atoms with Crippen LogP contribution in [0.5, 0.6) is 0 Å². The molecular formula is C16H28O. The number of carbonyl (C=O) groups excluding carboxylic acids is 1. The van der Waals surface area contributed by atoms with Crippen LogP contribution in [-0.4, -0.2) is 5.78 Å². The Morgan fingerprint density at radius 1 is 1.35 bits per heavy atom. The van der Waals surface area contributed by atoms with E-state index < -0.39 is 0 Å².